The summed E-state index contributed by atoms with van der Waals surface area (Å²) in [6.45, 7) is 7.36. The first kappa shape index (κ1) is 16.4. The van der Waals surface area contributed by atoms with Crippen LogP contribution in [-0.4, -0.2) is 34.8 Å². The van der Waals surface area contributed by atoms with Crippen LogP contribution in [0.15, 0.2) is 0 Å². The third-order valence-corrected chi connectivity index (χ3v) is 5.98. The van der Waals surface area contributed by atoms with Crippen molar-refractivity contribution in [2.45, 2.75) is 52.5 Å². The van der Waals surface area contributed by atoms with Crippen LogP contribution < -0.4 is 5.32 Å². The molecule has 1 saturated heterocycles. The Balaban J connectivity index is 1.58. The molecule has 1 N–H and O–H groups in total. The molecule has 1 aliphatic carbocycles. The van der Waals surface area contributed by atoms with Crippen LogP contribution in [-0.2, 0) is 9.59 Å². The van der Waals surface area contributed by atoms with E-state index in [9.17, 15) is 9.59 Å². The van der Waals surface area contributed by atoms with E-state index < -0.39 is 0 Å². The van der Waals surface area contributed by atoms with Gasteiger partial charge in [-0.15, -0.1) is 11.3 Å². The van der Waals surface area contributed by atoms with Crippen molar-refractivity contribution < 1.29 is 9.59 Å². The molecule has 1 aromatic rings. The lowest BCUT2D eigenvalue weighted by atomic mass is 9.96. The summed E-state index contributed by atoms with van der Waals surface area (Å²) in [6, 6.07) is -0.0248. The van der Waals surface area contributed by atoms with Gasteiger partial charge in [-0.05, 0) is 46.5 Å². The first-order chi connectivity index (χ1) is 11.0. The van der Waals surface area contributed by atoms with Gasteiger partial charge < -0.3 is 10.2 Å². The number of aryl methyl sites for hydroxylation is 2. The molecule has 2 amide bonds. The number of likely N-dealkylation sites (tertiary alicyclic amines) is 1. The van der Waals surface area contributed by atoms with Gasteiger partial charge in [-0.2, -0.15) is 0 Å². The molecule has 0 spiro atoms. The largest absolute Gasteiger partial charge is 0.348 e. The molecule has 5 nitrogen and oxygen atoms in total. The number of nitrogens with one attached hydrogen (secondary N) is 1. The second-order valence-corrected chi connectivity index (χ2v) is 8.05. The predicted octanol–water partition coefficient (Wildman–Crippen LogP) is 2.59. The lowest BCUT2D eigenvalue weighted by Gasteiger charge is -2.32. The third-order valence-electron chi connectivity index (χ3n) is 4.72. The average molecular weight is 335 g/mol. The number of amides is 2. The van der Waals surface area contributed by atoms with E-state index in [2.05, 4.69) is 10.3 Å². The first-order valence-electron chi connectivity index (χ1n) is 8.48. The Bertz CT molecular complexity index is 609. The van der Waals surface area contributed by atoms with Crippen molar-refractivity contribution in [3.05, 3.63) is 15.6 Å². The van der Waals surface area contributed by atoms with Gasteiger partial charge in [-0.1, -0.05) is 0 Å². The number of hydrogen-bond donors (Lipinski definition) is 1. The van der Waals surface area contributed by atoms with Crippen molar-refractivity contribution in [2.75, 3.05) is 13.1 Å². The zero-order valence-electron chi connectivity index (χ0n) is 14.1. The van der Waals surface area contributed by atoms with Gasteiger partial charge >= 0.3 is 0 Å². The molecule has 0 radical (unpaired) electrons. The van der Waals surface area contributed by atoms with Crippen molar-refractivity contribution in [1.82, 2.24) is 15.2 Å². The molecule has 3 rings (SSSR count). The summed E-state index contributed by atoms with van der Waals surface area (Å²) in [5, 5.41) is 4.14. The van der Waals surface area contributed by atoms with Crippen LogP contribution in [0.4, 0.5) is 0 Å². The molecular weight excluding hydrogens is 310 g/mol. The SMILES string of the molecule is Cc1nc(C)c(C(C)NC(=O)C2CCCN(C(=O)C3CC3)C2)s1. The number of nitrogens with zero attached hydrogens (tertiary/aromatic N) is 2. The number of hydrogen-bond acceptors (Lipinski definition) is 4. The second-order valence-electron chi connectivity index (χ2n) is 6.81. The average Bonchev–Trinajstić information content (AvgIpc) is 3.31. The number of thiazole rings is 1. The maximum Gasteiger partial charge on any atom is 0.225 e. The van der Waals surface area contributed by atoms with E-state index in [1.165, 1.54) is 0 Å². The molecule has 6 heteroatoms. The lowest BCUT2D eigenvalue weighted by molar-refractivity contribution is -0.137. The highest BCUT2D eigenvalue weighted by molar-refractivity contribution is 7.11. The molecule has 2 unspecified atom stereocenters. The number of carbonyl (C=O) groups is 2. The summed E-state index contributed by atoms with van der Waals surface area (Å²) in [4.78, 5) is 32.2. The van der Waals surface area contributed by atoms with E-state index in [1.54, 1.807) is 11.3 Å². The molecule has 126 valence electrons. The van der Waals surface area contributed by atoms with Crippen LogP contribution >= 0.6 is 11.3 Å². The molecule has 0 aromatic carbocycles. The van der Waals surface area contributed by atoms with E-state index in [0.717, 1.165) is 47.8 Å². The van der Waals surface area contributed by atoms with Gasteiger partial charge in [0.05, 0.1) is 22.7 Å². The van der Waals surface area contributed by atoms with Gasteiger partial charge in [0.15, 0.2) is 0 Å². The molecule has 2 aliphatic rings. The quantitative estimate of drug-likeness (QED) is 0.920. The van der Waals surface area contributed by atoms with Crippen LogP contribution in [0.3, 0.4) is 0 Å². The minimum Gasteiger partial charge on any atom is -0.348 e. The first-order valence-corrected chi connectivity index (χ1v) is 9.30. The summed E-state index contributed by atoms with van der Waals surface area (Å²) in [6.07, 6.45) is 3.83. The zero-order chi connectivity index (χ0) is 16.6. The van der Waals surface area contributed by atoms with E-state index >= 15 is 0 Å². The Kier molecular flexibility index (Phi) is 4.71. The Hall–Kier alpha value is -1.43. The predicted molar refractivity (Wildman–Crippen MR) is 90.2 cm³/mol. The summed E-state index contributed by atoms with van der Waals surface area (Å²) in [5.74, 6) is 0.475. The summed E-state index contributed by atoms with van der Waals surface area (Å²) < 4.78 is 0. The van der Waals surface area contributed by atoms with E-state index in [1.807, 2.05) is 25.7 Å². The van der Waals surface area contributed by atoms with Crippen LogP contribution in [0.2, 0.25) is 0 Å². The smallest absolute Gasteiger partial charge is 0.225 e. The molecular formula is C17H25N3O2S. The second kappa shape index (κ2) is 6.59. The van der Waals surface area contributed by atoms with Crippen molar-refractivity contribution in [3.8, 4) is 0 Å². The third kappa shape index (κ3) is 3.74. The molecule has 23 heavy (non-hydrogen) atoms. The number of rotatable bonds is 4. The fourth-order valence-electron chi connectivity index (χ4n) is 3.33. The van der Waals surface area contributed by atoms with Gasteiger partial charge in [-0.25, -0.2) is 4.98 Å². The minimum absolute atomic E-state index is 0.0248. The zero-order valence-corrected chi connectivity index (χ0v) is 14.9. The Labute approximate surface area is 141 Å². The van der Waals surface area contributed by atoms with E-state index in [4.69, 9.17) is 0 Å². The molecule has 1 saturated carbocycles. The van der Waals surface area contributed by atoms with Crippen molar-refractivity contribution in [2.24, 2.45) is 11.8 Å². The van der Waals surface area contributed by atoms with Gasteiger partial charge in [0.1, 0.15) is 0 Å². The van der Waals surface area contributed by atoms with Crippen molar-refractivity contribution in [1.29, 1.82) is 0 Å². The number of aromatic nitrogens is 1. The maximum absolute atomic E-state index is 12.6. The standard InChI is InChI=1S/C17H25N3O2S/c1-10-15(23-12(3)18-10)11(2)19-16(21)14-5-4-8-20(9-14)17(22)13-6-7-13/h11,13-14H,4-9H2,1-3H3,(H,19,21). The highest BCUT2D eigenvalue weighted by Gasteiger charge is 2.36. The molecule has 1 aliphatic heterocycles. The molecule has 2 fully saturated rings. The van der Waals surface area contributed by atoms with Gasteiger partial charge in [0, 0.05) is 23.9 Å². The van der Waals surface area contributed by atoms with Gasteiger partial charge in [0.2, 0.25) is 11.8 Å². The Morgan fingerprint density at radius 2 is 2.00 bits per heavy atom. The molecule has 0 bridgehead atoms. The van der Waals surface area contributed by atoms with Crippen LogP contribution in [0.25, 0.3) is 0 Å². The summed E-state index contributed by atoms with van der Waals surface area (Å²) in [7, 11) is 0. The summed E-state index contributed by atoms with van der Waals surface area (Å²) >= 11 is 1.64. The topological polar surface area (TPSA) is 62.3 Å². The van der Waals surface area contributed by atoms with Crippen molar-refractivity contribution >= 4 is 23.2 Å². The normalized spacial score (nSPS) is 22.7. The number of carbonyl (C=O) groups excluding carboxylic acids is 2. The fourth-order valence-corrected chi connectivity index (χ4v) is 4.26. The molecule has 2 atom stereocenters. The molecule has 1 aromatic heterocycles. The summed E-state index contributed by atoms with van der Waals surface area (Å²) in [5.41, 5.74) is 0.995. The Morgan fingerprint density at radius 1 is 1.26 bits per heavy atom. The monoisotopic (exact) mass is 335 g/mol. The van der Waals surface area contributed by atoms with Crippen LogP contribution in [0.5, 0.6) is 0 Å². The molecule has 2 heterocycles. The maximum atomic E-state index is 12.6. The van der Waals surface area contributed by atoms with Gasteiger partial charge in [0.25, 0.3) is 0 Å². The highest BCUT2D eigenvalue weighted by atomic mass is 32.1. The Morgan fingerprint density at radius 3 is 2.61 bits per heavy atom. The lowest BCUT2D eigenvalue weighted by Crippen LogP contribution is -2.46. The van der Waals surface area contributed by atoms with Gasteiger partial charge in [-0.3, -0.25) is 9.59 Å². The van der Waals surface area contributed by atoms with Crippen molar-refractivity contribution in [3.63, 3.8) is 0 Å². The van der Waals surface area contributed by atoms with Crippen LogP contribution in [0, 0.1) is 25.7 Å². The van der Waals surface area contributed by atoms with E-state index in [-0.39, 0.29) is 29.7 Å². The highest BCUT2D eigenvalue weighted by Crippen LogP contribution is 2.32. The minimum atomic E-state index is -0.0803. The van der Waals surface area contributed by atoms with E-state index in [0.29, 0.717) is 6.54 Å². The number of piperidine rings is 1. The fraction of sp³-hybridized carbons (Fsp3) is 0.706. The van der Waals surface area contributed by atoms with Crippen LogP contribution in [0.1, 0.15) is 54.2 Å².